The van der Waals surface area contributed by atoms with Crippen LogP contribution in [0.15, 0.2) is 0 Å². The molecule has 56 heavy (non-hydrogen) atoms. The first-order valence-corrected chi connectivity index (χ1v) is 18.2. The summed E-state index contributed by atoms with van der Waals surface area (Å²) >= 11 is 0. The highest BCUT2D eigenvalue weighted by molar-refractivity contribution is 5.73. The predicted molar refractivity (Wildman–Crippen MR) is 174 cm³/mol. The van der Waals surface area contributed by atoms with Crippen LogP contribution in [0.5, 0.6) is 0 Å². The van der Waals surface area contributed by atoms with E-state index in [1.54, 1.807) is 0 Å². The number of aliphatic hydroxyl groups excluding tert-OH is 13. The summed E-state index contributed by atoms with van der Waals surface area (Å²) in [5, 5.41) is 140. The largest absolute Gasteiger partial charge is 0.394 e. The molecule has 0 spiro atoms. The van der Waals surface area contributed by atoms with Gasteiger partial charge in [0, 0.05) is 6.92 Å². The maximum absolute atomic E-state index is 12.6. The first-order chi connectivity index (χ1) is 26.3. The van der Waals surface area contributed by atoms with Gasteiger partial charge < -0.3 is 114 Å². The molecule has 25 atom stereocenters. The van der Waals surface area contributed by atoms with Crippen molar-refractivity contribution in [2.45, 2.75) is 181 Å². The number of carbonyl (C=O) groups excluding carboxylic acids is 1. The van der Waals surface area contributed by atoms with Crippen LogP contribution in [-0.4, -0.2) is 239 Å². The van der Waals surface area contributed by atoms with Gasteiger partial charge >= 0.3 is 0 Å². The molecule has 24 nitrogen and oxygen atoms in total. The van der Waals surface area contributed by atoms with Crippen LogP contribution >= 0.6 is 0 Å². The van der Waals surface area contributed by atoms with Crippen molar-refractivity contribution >= 4 is 5.91 Å². The third-order valence-corrected chi connectivity index (χ3v) is 10.6. The Hall–Kier alpha value is -1.41. The average Bonchev–Trinajstić information content (AvgIpc) is 3.15. The van der Waals surface area contributed by atoms with Crippen LogP contribution in [0.3, 0.4) is 0 Å². The fourth-order valence-electron chi connectivity index (χ4n) is 7.22. The number of ether oxygens (including phenoxy) is 9. The Morgan fingerprint density at radius 3 is 1.52 bits per heavy atom. The predicted octanol–water partition coefficient (Wildman–Crippen LogP) is -8.70. The Kier molecular flexibility index (Phi) is 15.4. The van der Waals surface area contributed by atoms with Crippen molar-refractivity contribution in [3.05, 3.63) is 0 Å². The second-order valence-corrected chi connectivity index (χ2v) is 14.6. The van der Waals surface area contributed by atoms with E-state index in [1.807, 2.05) is 0 Å². The van der Waals surface area contributed by atoms with Crippen molar-refractivity contribution in [1.29, 1.82) is 0 Å². The van der Waals surface area contributed by atoms with E-state index in [2.05, 4.69) is 5.32 Å². The van der Waals surface area contributed by atoms with E-state index in [1.165, 1.54) is 20.8 Å². The number of hydrogen-bond acceptors (Lipinski definition) is 23. The number of nitrogens with one attached hydrogen (secondary N) is 1. The van der Waals surface area contributed by atoms with Gasteiger partial charge in [-0.15, -0.1) is 0 Å². The standard InChI is InChI=1S/C32H55NO23/c1-7-15(38)21(44)26(28(47)48-7)55-32-27(25(16(39)9(3)50-32)54-31-23(46)20(43)17(40)11(5-34)52-31)56-29-13(33-10(4)36)24(18(41)12(6-35)51-29)53-30-22(45)19(42)14(37)8(2)49-30/h7-9,11-32,34-35,37-47H,5-6H2,1-4H3,(H,33,36)/t7-,8-,9-,11+,12+,13+,14-,15-,16-,17+,18+,19+,20-,21+,22+,23+,24+,25+,26+,27+,28+,29-,30-,31-,32-/m0/s1. The lowest BCUT2D eigenvalue weighted by Crippen LogP contribution is -2.70. The molecule has 5 aliphatic heterocycles. The van der Waals surface area contributed by atoms with Crippen LogP contribution in [0.2, 0.25) is 0 Å². The van der Waals surface area contributed by atoms with Crippen molar-refractivity contribution in [2.75, 3.05) is 13.2 Å². The van der Waals surface area contributed by atoms with Crippen molar-refractivity contribution in [1.82, 2.24) is 5.32 Å². The molecule has 1 amide bonds. The van der Waals surface area contributed by atoms with Gasteiger partial charge in [0.1, 0.15) is 104 Å². The van der Waals surface area contributed by atoms with Gasteiger partial charge in [-0.3, -0.25) is 4.79 Å². The first-order valence-electron chi connectivity index (χ1n) is 18.2. The third-order valence-electron chi connectivity index (χ3n) is 10.6. The minimum atomic E-state index is -2.01. The van der Waals surface area contributed by atoms with Gasteiger partial charge in [0.2, 0.25) is 5.91 Å². The zero-order chi connectivity index (χ0) is 41.5. The summed E-state index contributed by atoms with van der Waals surface area (Å²) in [7, 11) is 0. The molecule has 0 unspecified atom stereocenters. The van der Waals surface area contributed by atoms with Crippen molar-refractivity contribution in [3.63, 3.8) is 0 Å². The van der Waals surface area contributed by atoms with Crippen LogP contribution in [0.1, 0.15) is 27.7 Å². The number of aliphatic hydroxyl groups is 13. The van der Waals surface area contributed by atoms with E-state index in [9.17, 15) is 71.2 Å². The minimum absolute atomic E-state index is 0.770. The first kappa shape index (κ1) is 45.7. The molecular formula is C32H55NO23. The summed E-state index contributed by atoms with van der Waals surface area (Å²) in [6.07, 6.45) is -40.9. The fraction of sp³-hybridized carbons (Fsp3) is 0.969. The molecule has 0 saturated carbocycles. The number of amides is 1. The second-order valence-electron chi connectivity index (χ2n) is 14.6. The van der Waals surface area contributed by atoms with Crippen LogP contribution in [0.4, 0.5) is 0 Å². The van der Waals surface area contributed by atoms with E-state index in [0.717, 1.165) is 6.92 Å². The summed E-state index contributed by atoms with van der Waals surface area (Å²) in [5.41, 5.74) is 0. The Bertz CT molecular complexity index is 1270. The number of rotatable bonds is 11. The van der Waals surface area contributed by atoms with Gasteiger partial charge in [-0.25, -0.2) is 0 Å². The molecule has 0 aromatic heterocycles. The van der Waals surface area contributed by atoms with E-state index < -0.39 is 173 Å². The molecule has 0 aromatic rings. The lowest BCUT2D eigenvalue weighted by atomic mass is 9.94. The normalized spacial score (nSPS) is 53.1. The second kappa shape index (κ2) is 18.9. The van der Waals surface area contributed by atoms with Gasteiger partial charge in [0.15, 0.2) is 31.5 Å². The molecular weight excluding hydrogens is 766 g/mol. The third kappa shape index (κ3) is 9.31. The van der Waals surface area contributed by atoms with Gasteiger partial charge in [-0.05, 0) is 20.8 Å². The zero-order valence-electron chi connectivity index (χ0n) is 30.7. The van der Waals surface area contributed by atoms with Gasteiger partial charge in [-0.1, -0.05) is 0 Å². The molecule has 0 aromatic carbocycles. The molecule has 5 aliphatic rings. The Labute approximate surface area is 319 Å². The Balaban J connectivity index is 1.53. The Morgan fingerprint density at radius 1 is 0.464 bits per heavy atom. The van der Waals surface area contributed by atoms with Crippen molar-refractivity contribution < 1.29 is 114 Å². The molecule has 0 bridgehead atoms. The number of carbonyl (C=O) groups is 1. The molecule has 0 aliphatic carbocycles. The van der Waals surface area contributed by atoms with E-state index in [0.29, 0.717) is 0 Å². The number of hydrogen-bond donors (Lipinski definition) is 14. The maximum atomic E-state index is 12.6. The van der Waals surface area contributed by atoms with Crippen LogP contribution < -0.4 is 5.32 Å². The highest BCUT2D eigenvalue weighted by Crippen LogP contribution is 2.37. The smallest absolute Gasteiger partial charge is 0.217 e. The van der Waals surface area contributed by atoms with Gasteiger partial charge in [0.25, 0.3) is 0 Å². The molecule has 5 rings (SSSR count). The molecule has 5 heterocycles. The average molecular weight is 822 g/mol. The summed E-state index contributed by atoms with van der Waals surface area (Å²) in [6.45, 7) is 3.36. The maximum Gasteiger partial charge on any atom is 0.217 e. The summed E-state index contributed by atoms with van der Waals surface area (Å²) in [4.78, 5) is 12.6. The zero-order valence-corrected chi connectivity index (χ0v) is 30.7. The van der Waals surface area contributed by atoms with Crippen LogP contribution in [0, 0.1) is 0 Å². The lowest BCUT2D eigenvalue weighted by Gasteiger charge is -2.51. The molecule has 326 valence electrons. The highest BCUT2D eigenvalue weighted by atomic mass is 16.8. The molecule has 14 N–H and O–H groups in total. The topological polar surface area (TPSA) is 375 Å². The fourth-order valence-corrected chi connectivity index (χ4v) is 7.22. The summed E-state index contributed by atoms with van der Waals surface area (Å²) in [5.74, 6) is -0.770. The van der Waals surface area contributed by atoms with Crippen LogP contribution in [-0.2, 0) is 47.4 Å². The van der Waals surface area contributed by atoms with Crippen molar-refractivity contribution in [2.24, 2.45) is 0 Å². The van der Waals surface area contributed by atoms with Crippen LogP contribution in [0.25, 0.3) is 0 Å². The summed E-state index contributed by atoms with van der Waals surface area (Å²) in [6, 6.07) is -1.64. The summed E-state index contributed by atoms with van der Waals surface area (Å²) < 4.78 is 52.1. The van der Waals surface area contributed by atoms with E-state index >= 15 is 0 Å². The molecule has 5 saturated heterocycles. The molecule has 24 heteroatoms. The van der Waals surface area contributed by atoms with E-state index in [4.69, 9.17) is 42.6 Å². The highest BCUT2D eigenvalue weighted by Gasteiger charge is 2.57. The lowest BCUT2D eigenvalue weighted by molar-refractivity contribution is -0.403. The van der Waals surface area contributed by atoms with Crippen molar-refractivity contribution in [3.8, 4) is 0 Å². The SMILES string of the molecule is CC(=O)N[C@H]1[C@H](O[C@H]2[C@H](O[C@@H]3[C@H](O)[C@@H](O)[C@H](C)O[C@H]3O)O[C@@H](C)[C@H](O)[C@H]2O[C@@H]2O[C@H](CO)[C@@H](O)[C@H](O)[C@H]2O)O[C@H](CO)[C@@H](O)[C@@H]1O[C@@H]1O[C@@H](C)[C@H](O)[C@@H](O)[C@H]1O. The minimum Gasteiger partial charge on any atom is -0.394 e. The van der Waals surface area contributed by atoms with Gasteiger partial charge in [-0.2, -0.15) is 0 Å². The Morgan fingerprint density at radius 2 is 0.911 bits per heavy atom. The van der Waals surface area contributed by atoms with E-state index in [-0.39, 0.29) is 0 Å². The monoisotopic (exact) mass is 821 g/mol. The molecule has 5 fully saturated rings. The molecule has 0 radical (unpaired) electrons. The van der Waals surface area contributed by atoms with Gasteiger partial charge in [0.05, 0.1) is 31.5 Å². The quantitative estimate of drug-likeness (QED) is 0.0920.